The molecule has 0 amide bonds. The zero-order valence-electron chi connectivity index (χ0n) is 5.62. The van der Waals surface area contributed by atoms with Gasteiger partial charge in [-0.25, -0.2) is 0 Å². The predicted octanol–water partition coefficient (Wildman–Crippen LogP) is -0.631. The Balaban J connectivity index is 0. The maximum atomic E-state index is 8.62. The Bertz CT molecular complexity index is 84.0. The molecule has 0 bridgehead atoms. The average molecular weight is 189 g/mol. The van der Waals surface area contributed by atoms with Crippen molar-refractivity contribution in [3.63, 3.8) is 0 Å². The van der Waals surface area contributed by atoms with Crippen LogP contribution in [0.15, 0.2) is 0 Å². The lowest BCUT2D eigenvalue weighted by Crippen LogP contribution is -2.30. The molecule has 1 rings (SSSR count). The minimum atomic E-state index is 0. The van der Waals surface area contributed by atoms with Crippen molar-refractivity contribution >= 4 is 24.8 Å². The summed E-state index contributed by atoms with van der Waals surface area (Å²) < 4.78 is 0. The van der Waals surface area contributed by atoms with Gasteiger partial charge in [0.1, 0.15) is 0 Å². The normalized spacial score (nSPS) is 30.6. The van der Waals surface area contributed by atoms with E-state index in [2.05, 4.69) is 5.32 Å². The lowest BCUT2D eigenvalue weighted by atomic mass is 10.1. The number of hydrogen-bond donors (Lipinski definition) is 3. The SMILES string of the molecule is Cl.Cl.N[C@@H]1CNC[C@@H]1CO. The van der Waals surface area contributed by atoms with Gasteiger partial charge in [0.05, 0.1) is 0 Å². The van der Waals surface area contributed by atoms with Crippen LogP contribution in [0.25, 0.3) is 0 Å². The highest BCUT2D eigenvalue weighted by molar-refractivity contribution is 5.85. The van der Waals surface area contributed by atoms with E-state index in [9.17, 15) is 0 Å². The van der Waals surface area contributed by atoms with Crippen LogP contribution in [0.2, 0.25) is 0 Å². The summed E-state index contributed by atoms with van der Waals surface area (Å²) in [5, 5.41) is 11.7. The molecule has 0 radical (unpaired) electrons. The van der Waals surface area contributed by atoms with Crippen molar-refractivity contribution in [2.45, 2.75) is 6.04 Å². The summed E-state index contributed by atoms with van der Waals surface area (Å²) in [6, 6.07) is 0.167. The van der Waals surface area contributed by atoms with Crippen molar-refractivity contribution in [1.82, 2.24) is 5.32 Å². The van der Waals surface area contributed by atoms with Crippen LogP contribution >= 0.6 is 24.8 Å². The summed E-state index contributed by atoms with van der Waals surface area (Å²) in [6.07, 6.45) is 0. The first-order chi connectivity index (χ1) is 3.84. The summed E-state index contributed by atoms with van der Waals surface area (Å²) >= 11 is 0. The number of halogens is 2. The predicted molar refractivity (Wildman–Crippen MR) is 45.9 cm³/mol. The molecule has 1 saturated heterocycles. The van der Waals surface area contributed by atoms with Gasteiger partial charge in [-0.2, -0.15) is 0 Å². The van der Waals surface area contributed by atoms with Crippen molar-refractivity contribution in [3.05, 3.63) is 0 Å². The van der Waals surface area contributed by atoms with Gasteiger partial charge < -0.3 is 16.2 Å². The first-order valence-electron chi connectivity index (χ1n) is 2.91. The van der Waals surface area contributed by atoms with E-state index in [0.29, 0.717) is 0 Å². The molecule has 4 N–H and O–H groups in total. The minimum absolute atomic E-state index is 0. The van der Waals surface area contributed by atoms with E-state index in [1.165, 1.54) is 0 Å². The molecule has 0 aliphatic carbocycles. The van der Waals surface area contributed by atoms with Gasteiger partial charge in [0, 0.05) is 31.7 Å². The van der Waals surface area contributed by atoms with E-state index < -0.39 is 0 Å². The van der Waals surface area contributed by atoms with Gasteiger partial charge in [0.2, 0.25) is 0 Å². The van der Waals surface area contributed by atoms with Crippen molar-refractivity contribution in [1.29, 1.82) is 0 Å². The third kappa shape index (κ3) is 3.03. The topological polar surface area (TPSA) is 58.3 Å². The number of nitrogens with one attached hydrogen (secondary N) is 1. The molecule has 0 aromatic rings. The van der Waals surface area contributed by atoms with Crippen LogP contribution in [0, 0.1) is 5.92 Å². The van der Waals surface area contributed by atoms with Gasteiger partial charge in [-0.05, 0) is 0 Å². The quantitative estimate of drug-likeness (QED) is 0.514. The molecule has 0 aromatic carbocycles. The number of nitrogens with two attached hydrogens (primary N) is 1. The third-order valence-electron chi connectivity index (χ3n) is 1.63. The van der Waals surface area contributed by atoms with Gasteiger partial charge in [-0.3, -0.25) is 0 Å². The number of aliphatic hydroxyl groups excluding tert-OH is 1. The highest BCUT2D eigenvalue weighted by Gasteiger charge is 2.21. The average Bonchev–Trinajstić information content (AvgIpc) is 2.14. The Labute approximate surface area is 73.2 Å². The third-order valence-corrected chi connectivity index (χ3v) is 1.63. The van der Waals surface area contributed by atoms with E-state index >= 15 is 0 Å². The lowest BCUT2D eigenvalue weighted by Gasteiger charge is -2.08. The van der Waals surface area contributed by atoms with Crippen LogP contribution in [0.5, 0.6) is 0 Å². The fourth-order valence-electron chi connectivity index (χ4n) is 0.953. The molecule has 0 spiro atoms. The van der Waals surface area contributed by atoms with E-state index in [1.54, 1.807) is 0 Å². The van der Waals surface area contributed by atoms with Crippen molar-refractivity contribution < 1.29 is 5.11 Å². The highest BCUT2D eigenvalue weighted by atomic mass is 35.5. The Hall–Kier alpha value is 0.460. The van der Waals surface area contributed by atoms with Crippen molar-refractivity contribution in [3.8, 4) is 0 Å². The Morgan fingerprint density at radius 3 is 2.20 bits per heavy atom. The van der Waals surface area contributed by atoms with Crippen molar-refractivity contribution in [2.75, 3.05) is 19.7 Å². The molecular formula is C5H14Cl2N2O. The maximum Gasteiger partial charge on any atom is 0.0486 e. The smallest absolute Gasteiger partial charge is 0.0486 e. The summed E-state index contributed by atoms with van der Waals surface area (Å²) in [6.45, 7) is 1.94. The van der Waals surface area contributed by atoms with Gasteiger partial charge >= 0.3 is 0 Å². The van der Waals surface area contributed by atoms with Crippen LogP contribution in [0.4, 0.5) is 0 Å². The zero-order chi connectivity index (χ0) is 5.98. The minimum Gasteiger partial charge on any atom is -0.396 e. The van der Waals surface area contributed by atoms with E-state index in [1.807, 2.05) is 0 Å². The van der Waals surface area contributed by atoms with Crippen LogP contribution in [-0.2, 0) is 0 Å². The molecule has 0 aromatic heterocycles. The molecule has 0 saturated carbocycles. The summed E-state index contributed by atoms with van der Waals surface area (Å²) in [5.41, 5.74) is 5.57. The largest absolute Gasteiger partial charge is 0.396 e. The molecule has 1 heterocycles. The lowest BCUT2D eigenvalue weighted by molar-refractivity contribution is 0.227. The van der Waals surface area contributed by atoms with Crippen molar-refractivity contribution in [2.24, 2.45) is 11.7 Å². The molecular weight excluding hydrogens is 175 g/mol. The molecule has 5 heteroatoms. The van der Waals surface area contributed by atoms with Crippen LogP contribution in [-0.4, -0.2) is 30.8 Å². The first-order valence-corrected chi connectivity index (χ1v) is 2.91. The molecule has 10 heavy (non-hydrogen) atoms. The monoisotopic (exact) mass is 188 g/mol. The number of hydrogen-bond acceptors (Lipinski definition) is 3. The van der Waals surface area contributed by atoms with E-state index in [-0.39, 0.29) is 43.4 Å². The molecule has 1 aliphatic rings. The van der Waals surface area contributed by atoms with Crippen LogP contribution in [0.1, 0.15) is 0 Å². The second-order valence-electron chi connectivity index (χ2n) is 2.26. The Morgan fingerprint density at radius 1 is 1.40 bits per heavy atom. The molecule has 64 valence electrons. The van der Waals surface area contributed by atoms with Crippen LogP contribution in [0.3, 0.4) is 0 Å². The molecule has 2 atom stereocenters. The van der Waals surface area contributed by atoms with Gasteiger partial charge in [-0.15, -0.1) is 24.8 Å². The second kappa shape index (κ2) is 6.19. The fourth-order valence-corrected chi connectivity index (χ4v) is 0.953. The fraction of sp³-hybridized carbons (Fsp3) is 1.00. The second-order valence-corrected chi connectivity index (χ2v) is 2.26. The molecule has 0 unspecified atom stereocenters. The molecule has 1 fully saturated rings. The highest BCUT2D eigenvalue weighted by Crippen LogP contribution is 2.03. The summed E-state index contributed by atoms with van der Waals surface area (Å²) in [5.74, 6) is 0.287. The van der Waals surface area contributed by atoms with Gasteiger partial charge in [-0.1, -0.05) is 0 Å². The summed E-state index contributed by atoms with van der Waals surface area (Å²) in [4.78, 5) is 0. The van der Waals surface area contributed by atoms with Gasteiger partial charge in [0.15, 0.2) is 0 Å². The first kappa shape index (κ1) is 13.1. The van der Waals surface area contributed by atoms with Crippen LogP contribution < -0.4 is 11.1 Å². The van der Waals surface area contributed by atoms with E-state index in [0.717, 1.165) is 13.1 Å². The van der Waals surface area contributed by atoms with E-state index in [4.69, 9.17) is 10.8 Å². The molecule has 3 nitrogen and oxygen atoms in total. The standard InChI is InChI=1S/C5H12N2O.2ClH/c6-5-2-7-1-4(5)3-8;;/h4-5,7-8H,1-3,6H2;2*1H/t4-,5-;;/m1../s1. The summed E-state index contributed by atoms with van der Waals surface area (Å²) in [7, 11) is 0. The Kier molecular flexibility index (Phi) is 8.09. The maximum absolute atomic E-state index is 8.62. The number of rotatable bonds is 1. The zero-order valence-corrected chi connectivity index (χ0v) is 7.25. The number of aliphatic hydroxyl groups is 1. The molecule has 1 aliphatic heterocycles. The Morgan fingerprint density at radius 2 is 2.00 bits per heavy atom. The van der Waals surface area contributed by atoms with Gasteiger partial charge in [0.25, 0.3) is 0 Å².